The summed E-state index contributed by atoms with van der Waals surface area (Å²) in [4.78, 5) is 24.3. The molecule has 1 N–H and O–H groups in total. The van der Waals surface area contributed by atoms with Crippen LogP contribution in [0.3, 0.4) is 0 Å². The lowest BCUT2D eigenvalue weighted by Gasteiger charge is -2.29. The van der Waals surface area contributed by atoms with Gasteiger partial charge in [-0.05, 0) is 37.7 Å². The van der Waals surface area contributed by atoms with E-state index in [0.717, 1.165) is 44.6 Å². The van der Waals surface area contributed by atoms with Gasteiger partial charge in [0.2, 0.25) is 5.91 Å². The summed E-state index contributed by atoms with van der Waals surface area (Å²) in [6.07, 6.45) is 0.766. The van der Waals surface area contributed by atoms with Crippen molar-refractivity contribution in [3.8, 4) is 0 Å². The van der Waals surface area contributed by atoms with Crippen molar-refractivity contribution in [3.63, 3.8) is 0 Å². The fraction of sp³-hybridized carbons (Fsp3) is 0.706. The summed E-state index contributed by atoms with van der Waals surface area (Å²) in [6.45, 7) is 1.57. The molecule has 0 aromatic carbocycles. The van der Waals surface area contributed by atoms with Gasteiger partial charge in [-0.2, -0.15) is 18.3 Å². The molecule has 0 radical (unpaired) electrons. The zero-order chi connectivity index (χ0) is 18.2. The third-order valence-electron chi connectivity index (χ3n) is 5.05. The van der Waals surface area contributed by atoms with E-state index in [1.165, 1.54) is 0 Å². The van der Waals surface area contributed by atoms with Crippen molar-refractivity contribution in [2.24, 2.45) is 5.92 Å². The number of halogens is 3. The van der Waals surface area contributed by atoms with Crippen LogP contribution in [0.15, 0.2) is 10.9 Å². The van der Waals surface area contributed by atoms with Gasteiger partial charge in [-0.25, -0.2) is 4.68 Å². The van der Waals surface area contributed by atoms with E-state index in [1.54, 1.807) is 0 Å². The molecule has 0 aliphatic heterocycles. The Balaban J connectivity index is 1.80. The minimum Gasteiger partial charge on any atom is -0.351 e. The van der Waals surface area contributed by atoms with Crippen LogP contribution in [-0.2, 0) is 17.5 Å². The topological polar surface area (TPSA) is 64.0 Å². The molecular weight excluding hydrogens is 335 g/mol. The maximum Gasteiger partial charge on any atom is 0.421 e. The second-order valence-corrected chi connectivity index (χ2v) is 7.15. The molecule has 0 spiro atoms. The summed E-state index contributed by atoms with van der Waals surface area (Å²) in [6, 6.07) is 0.836. The van der Waals surface area contributed by atoms with E-state index in [1.807, 2.05) is 6.92 Å². The van der Waals surface area contributed by atoms with Gasteiger partial charge in [-0.15, -0.1) is 0 Å². The standard InChI is InChI=1S/C17H22F3N3O2/c1-10-4-2-3-5-13(10)21-15(24)9-23-16(25)12(17(18,19)20)8-14(22-23)11-6-7-11/h8,10-11,13H,2-7,9H2,1H3,(H,21,24)/t10-,13+/m1/s1. The number of nitrogens with one attached hydrogen (secondary N) is 1. The van der Waals surface area contributed by atoms with Crippen molar-refractivity contribution < 1.29 is 18.0 Å². The van der Waals surface area contributed by atoms with Crippen LogP contribution in [0.25, 0.3) is 0 Å². The second kappa shape index (κ2) is 6.80. The fourth-order valence-corrected chi connectivity index (χ4v) is 3.37. The Kier molecular flexibility index (Phi) is 4.88. The van der Waals surface area contributed by atoms with Crippen molar-refractivity contribution >= 4 is 5.91 Å². The van der Waals surface area contributed by atoms with Crippen LogP contribution in [0.1, 0.15) is 62.6 Å². The normalized spacial score (nSPS) is 24.2. The van der Waals surface area contributed by atoms with Crippen molar-refractivity contribution in [2.75, 3.05) is 0 Å². The van der Waals surface area contributed by atoms with Gasteiger partial charge in [-0.1, -0.05) is 19.8 Å². The Morgan fingerprint density at radius 1 is 1.28 bits per heavy atom. The highest BCUT2D eigenvalue weighted by Crippen LogP contribution is 2.40. The van der Waals surface area contributed by atoms with Crippen LogP contribution < -0.4 is 10.9 Å². The molecule has 5 nitrogen and oxygen atoms in total. The van der Waals surface area contributed by atoms with Gasteiger partial charge < -0.3 is 5.32 Å². The zero-order valence-electron chi connectivity index (χ0n) is 14.1. The van der Waals surface area contributed by atoms with Crippen LogP contribution in [-0.4, -0.2) is 21.7 Å². The average molecular weight is 357 g/mol. The Morgan fingerprint density at radius 3 is 2.56 bits per heavy atom. The first-order valence-electron chi connectivity index (χ1n) is 8.74. The maximum atomic E-state index is 13.1. The first-order valence-corrected chi connectivity index (χ1v) is 8.74. The van der Waals surface area contributed by atoms with Crippen LogP contribution >= 0.6 is 0 Å². The molecule has 8 heteroatoms. The minimum atomic E-state index is -4.75. The Bertz CT molecular complexity index is 710. The number of hydrogen-bond donors (Lipinski definition) is 1. The predicted octanol–water partition coefficient (Wildman–Crippen LogP) is 2.83. The summed E-state index contributed by atoms with van der Waals surface area (Å²) in [5.74, 6) is -0.185. The molecule has 2 atom stereocenters. The number of carbonyl (C=O) groups is 1. The first kappa shape index (κ1) is 17.9. The maximum absolute atomic E-state index is 13.1. The summed E-state index contributed by atoms with van der Waals surface area (Å²) in [5.41, 5.74) is -2.27. The molecular formula is C17H22F3N3O2. The lowest BCUT2D eigenvalue weighted by Crippen LogP contribution is -2.44. The third kappa shape index (κ3) is 4.22. The SMILES string of the molecule is C[C@@H]1CCCC[C@@H]1NC(=O)Cn1nc(C2CC2)cc(C(F)(F)F)c1=O. The minimum absolute atomic E-state index is 0.00523. The molecule has 3 rings (SSSR count). The lowest BCUT2D eigenvalue weighted by atomic mass is 9.86. The van der Waals surface area contributed by atoms with Gasteiger partial charge in [-0.3, -0.25) is 9.59 Å². The highest BCUT2D eigenvalue weighted by atomic mass is 19.4. The molecule has 2 aliphatic carbocycles. The molecule has 138 valence electrons. The quantitative estimate of drug-likeness (QED) is 0.901. The average Bonchev–Trinajstić information content (AvgIpc) is 3.35. The fourth-order valence-electron chi connectivity index (χ4n) is 3.37. The molecule has 0 unspecified atom stereocenters. The number of amides is 1. The highest BCUT2D eigenvalue weighted by molar-refractivity contribution is 5.76. The van der Waals surface area contributed by atoms with Gasteiger partial charge in [0, 0.05) is 12.0 Å². The van der Waals surface area contributed by atoms with Gasteiger partial charge >= 0.3 is 6.18 Å². The Labute approximate surface area is 143 Å². The van der Waals surface area contributed by atoms with Crippen molar-refractivity contribution in [1.29, 1.82) is 0 Å². The van der Waals surface area contributed by atoms with E-state index >= 15 is 0 Å². The monoisotopic (exact) mass is 357 g/mol. The third-order valence-corrected chi connectivity index (χ3v) is 5.05. The van der Waals surface area contributed by atoms with E-state index in [-0.39, 0.29) is 17.7 Å². The van der Waals surface area contributed by atoms with E-state index in [0.29, 0.717) is 10.6 Å². The van der Waals surface area contributed by atoms with Crippen molar-refractivity contribution in [2.45, 2.75) is 70.1 Å². The van der Waals surface area contributed by atoms with Crippen LogP contribution in [0.4, 0.5) is 13.2 Å². The molecule has 1 amide bonds. The molecule has 0 saturated heterocycles. The molecule has 0 bridgehead atoms. The van der Waals surface area contributed by atoms with E-state index < -0.39 is 29.8 Å². The number of hydrogen-bond acceptors (Lipinski definition) is 3. The predicted molar refractivity (Wildman–Crippen MR) is 85.0 cm³/mol. The molecule has 2 saturated carbocycles. The Morgan fingerprint density at radius 2 is 1.96 bits per heavy atom. The summed E-state index contributed by atoms with van der Waals surface area (Å²) >= 11 is 0. The van der Waals surface area contributed by atoms with Crippen molar-refractivity contribution in [1.82, 2.24) is 15.1 Å². The summed E-state index contributed by atoms with van der Waals surface area (Å²) < 4.78 is 40.0. The number of aromatic nitrogens is 2. The second-order valence-electron chi connectivity index (χ2n) is 7.15. The van der Waals surface area contributed by atoms with Crippen LogP contribution in [0.2, 0.25) is 0 Å². The molecule has 1 aromatic rings. The molecule has 25 heavy (non-hydrogen) atoms. The lowest BCUT2D eigenvalue weighted by molar-refractivity contribution is -0.139. The molecule has 2 fully saturated rings. The van der Waals surface area contributed by atoms with Gasteiger partial charge in [0.15, 0.2) is 0 Å². The number of nitrogens with zero attached hydrogens (tertiary/aromatic N) is 2. The van der Waals surface area contributed by atoms with Crippen LogP contribution in [0, 0.1) is 5.92 Å². The largest absolute Gasteiger partial charge is 0.421 e. The summed E-state index contributed by atoms with van der Waals surface area (Å²) in [7, 11) is 0. The Hall–Kier alpha value is -1.86. The van der Waals surface area contributed by atoms with Gasteiger partial charge in [0.25, 0.3) is 5.56 Å². The number of alkyl halides is 3. The van der Waals surface area contributed by atoms with Crippen LogP contribution in [0.5, 0.6) is 0 Å². The van der Waals surface area contributed by atoms with Crippen molar-refractivity contribution in [3.05, 3.63) is 27.7 Å². The highest BCUT2D eigenvalue weighted by Gasteiger charge is 2.38. The van der Waals surface area contributed by atoms with Gasteiger partial charge in [0.05, 0.1) is 5.69 Å². The number of rotatable bonds is 4. The van der Waals surface area contributed by atoms with E-state index in [4.69, 9.17) is 0 Å². The van der Waals surface area contributed by atoms with E-state index in [9.17, 15) is 22.8 Å². The van der Waals surface area contributed by atoms with E-state index in [2.05, 4.69) is 10.4 Å². The molecule has 2 aliphatic rings. The first-order chi connectivity index (χ1) is 11.8. The summed E-state index contributed by atoms with van der Waals surface area (Å²) in [5, 5.41) is 6.85. The van der Waals surface area contributed by atoms with Gasteiger partial charge in [0.1, 0.15) is 12.1 Å². The number of carbonyl (C=O) groups excluding carboxylic acids is 1. The smallest absolute Gasteiger partial charge is 0.351 e. The zero-order valence-corrected chi connectivity index (χ0v) is 14.1. The molecule has 1 heterocycles. The molecule has 1 aromatic heterocycles.